The Hall–Kier alpha value is -3.55. The summed E-state index contributed by atoms with van der Waals surface area (Å²) in [7, 11) is 0. The molecule has 2 atom stereocenters. The standard InChI is InChI=1S/C27H33N3O5/c1-5-34-20-10-12-22(13-11-20)35-21-8-6-19(7-9-21)28-23(31)16-30-24(32)27(29-25(30)33)15-18(2)14-26(3,4)17-27/h6-13,18H,5,14-17H2,1-4H3,(H,28,31)(H,29,33). The van der Waals surface area contributed by atoms with E-state index >= 15 is 0 Å². The Morgan fingerprint density at radius 3 is 2.23 bits per heavy atom. The first kappa shape index (κ1) is 24.6. The maximum absolute atomic E-state index is 13.2. The summed E-state index contributed by atoms with van der Waals surface area (Å²) in [5.41, 5.74) is -0.435. The molecule has 1 saturated carbocycles. The van der Waals surface area contributed by atoms with Crippen LogP contribution in [0.2, 0.25) is 0 Å². The van der Waals surface area contributed by atoms with E-state index in [2.05, 4.69) is 31.4 Å². The number of carbonyl (C=O) groups is 3. The van der Waals surface area contributed by atoms with E-state index in [0.717, 1.165) is 17.1 Å². The Morgan fingerprint density at radius 1 is 1.03 bits per heavy atom. The van der Waals surface area contributed by atoms with Gasteiger partial charge in [-0.2, -0.15) is 0 Å². The number of benzene rings is 2. The largest absolute Gasteiger partial charge is 0.494 e. The minimum Gasteiger partial charge on any atom is -0.494 e. The maximum atomic E-state index is 13.2. The van der Waals surface area contributed by atoms with Crippen molar-refractivity contribution >= 4 is 23.5 Å². The van der Waals surface area contributed by atoms with Gasteiger partial charge in [0, 0.05) is 5.69 Å². The van der Waals surface area contributed by atoms with Gasteiger partial charge in [-0.1, -0.05) is 20.8 Å². The number of anilines is 1. The molecule has 1 saturated heterocycles. The topological polar surface area (TPSA) is 97.0 Å². The summed E-state index contributed by atoms with van der Waals surface area (Å²) < 4.78 is 11.2. The van der Waals surface area contributed by atoms with Crippen molar-refractivity contribution in [3.05, 3.63) is 48.5 Å². The highest BCUT2D eigenvalue weighted by atomic mass is 16.5. The van der Waals surface area contributed by atoms with Crippen LogP contribution in [-0.2, 0) is 9.59 Å². The van der Waals surface area contributed by atoms with Crippen LogP contribution in [0.1, 0.15) is 47.0 Å². The number of rotatable bonds is 7. The lowest BCUT2D eigenvalue weighted by atomic mass is 9.64. The highest BCUT2D eigenvalue weighted by Crippen LogP contribution is 2.46. The van der Waals surface area contributed by atoms with Gasteiger partial charge in [-0.25, -0.2) is 4.79 Å². The van der Waals surface area contributed by atoms with Crippen molar-refractivity contribution in [2.45, 2.75) is 52.5 Å². The summed E-state index contributed by atoms with van der Waals surface area (Å²) in [4.78, 5) is 39.5. The van der Waals surface area contributed by atoms with Crippen LogP contribution in [-0.4, -0.2) is 41.4 Å². The number of hydrogen-bond acceptors (Lipinski definition) is 5. The van der Waals surface area contributed by atoms with E-state index < -0.39 is 17.5 Å². The second-order valence-corrected chi connectivity index (χ2v) is 10.3. The number of ether oxygens (including phenoxy) is 2. The summed E-state index contributed by atoms with van der Waals surface area (Å²) in [6, 6.07) is 13.7. The molecule has 4 rings (SSSR count). The molecule has 35 heavy (non-hydrogen) atoms. The third-order valence-electron chi connectivity index (χ3n) is 6.43. The molecule has 1 aliphatic heterocycles. The van der Waals surface area contributed by atoms with E-state index in [4.69, 9.17) is 9.47 Å². The highest BCUT2D eigenvalue weighted by molar-refractivity contribution is 6.10. The van der Waals surface area contributed by atoms with Gasteiger partial charge in [0.2, 0.25) is 5.91 Å². The van der Waals surface area contributed by atoms with Gasteiger partial charge in [0.1, 0.15) is 29.3 Å². The first-order valence-electron chi connectivity index (χ1n) is 12.0. The van der Waals surface area contributed by atoms with Crippen molar-refractivity contribution in [1.82, 2.24) is 10.2 Å². The fourth-order valence-electron chi connectivity index (χ4n) is 5.51. The lowest BCUT2D eigenvalue weighted by molar-refractivity contribution is -0.136. The molecule has 2 aromatic carbocycles. The normalized spacial score (nSPS) is 23.2. The third-order valence-corrected chi connectivity index (χ3v) is 6.43. The molecular weight excluding hydrogens is 446 g/mol. The van der Waals surface area contributed by atoms with Crippen molar-refractivity contribution in [2.24, 2.45) is 11.3 Å². The Kier molecular flexibility index (Phi) is 6.74. The zero-order chi connectivity index (χ0) is 25.2. The molecule has 0 radical (unpaired) electrons. The van der Waals surface area contributed by atoms with Gasteiger partial charge in [-0.05, 0) is 86.1 Å². The van der Waals surface area contributed by atoms with Crippen LogP contribution >= 0.6 is 0 Å². The van der Waals surface area contributed by atoms with Gasteiger partial charge < -0.3 is 20.1 Å². The SMILES string of the molecule is CCOc1ccc(Oc2ccc(NC(=O)CN3C(=O)NC4(CC(C)CC(C)(C)C4)C3=O)cc2)cc1. The highest BCUT2D eigenvalue weighted by Gasteiger charge is 2.56. The van der Waals surface area contributed by atoms with Crippen molar-refractivity contribution in [3.63, 3.8) is 0 Å². The number of hydrogen-bond donors (Lipinski definition) is 2. The molecule has 4 amide bonds. The minimum absolute atomic E-state index is 0.0615. The molecule has 1 aliphatic carbocycles. The molecule has 2 aromatic rings. The first-order chi connectivity index (χ1) is 16.6. The predicted octanol–water partition coefficient (Wildman–Crippen LogP) is 4.95. The molecule has 186 valence electrons. The van der Waals surface area contributed by atoms with E-state index in [-0.39, 0.29) is 17.9 Å². The zero-order valence-corrected chi connectivity index (χ0v) is 20.7. The van der Waals surface area contributed by atoms with Crippen molar-refractivity contribution in [2.75, 3.05) is 18.5 Å². The molecule has 1 spiro atoms. The monoisotopic (exact) mass is 479 g/mol. The van der Waals surface area contributed by atoms with Gasteiger partial charge in [0.15, 0.2) is 0 Å². The molecule has 2 unspecified atom stereocenters. The second kappa shape index (κ2) is 9.60. The van der Waals surface area contributed by atoms with Gasteiger partial charge in [0.05, 0.1) is 6.61 Å². The van der Waals surface area contributed by atoms with Crippen LogP contribution in [0, 0.1) is 11.3 Å². The quantitative estimate of drug-likeness (QED) is 0.548. The molecule has 2 aliphatic rings. The molecule has 2 N–H and O–H groups in total. The summed E-state index contributed by atoms with van der Waals surface area (Å²) in [5.74, 6) is 1.61. The van der Waals surface area contributed by atoms with Crippen LogP contribution in [0.4, 0.5) is 10.5 Å². The zero-order valence-electron chi connectivity index (χ0n) is 20.7. The lowest BCUT2D eigenvalue weighted by Crippen LogP contribution is -2.54. The lowest BCUT2D eigenvalue weighted by Gasteiger charge is -2.43. The van der Waals surface area contributed by atoms with E-state index in [1.54, 1.807) is 24.3 Å². The summed E-state index contributed by atoms with van der Waals surface area (Å²) in [5, 5.41) is 5.65. The average Bonchev–Trinajstić information content (AvgIpc) is 2.98. The number of imide groups is 1. The Bertz CT molecular complexity index is 1100. The minimum atomic E-state index is -0.918. The Balaban J connectivity index is 1.34. The van der Waals surface area contributed by atoms with Crippen LogP contribution in [0.25, 0.3) is 0 Å². The van der Waals surface area contributed by atoms with E-state index in [1.165, 1.54) is 0 Å². The smallest absolute Gasteiger partial charge is 0.325 e. The first-order valence-corrected chi connectivity index (χ1v) is 12.0. The molecule has 2 fully saturated rings. The maximum Gasteiger partial charge on any atom is 0.325 e. The molecule has 8 nitrogen and oxygen atoms in total. The van der Waals surface area contributed by atoms with Crippen molar-refractivity contribution < 1.29 is 23.9 Å². The molecule has 1 heterocycles. The number of urea groups is 1. The van der Waals surface area contributed by atoms with E-state index in [1.807, 2.05) is 31.2 Å². The van der Waals surface area contributed by atoms with Crippen LogP contribution in [0.15, 0.2) is 48.5 Å². The van der Waals surface area contributed by atoms with Gasteiger partial charge in [-0.15, -0.1) is 0 Å². The number of carbonyl (C=O) groups excluding carboxylic acids is 3. The fraction of sp³-hybridized carbons (Fsp3) is 0.444. The number of amides is 4. The van der Waals surface area contributed by atoms with E-state index in [9.17, 15) is 14.4 Å². The number of nitrogens with zero attached hydrogens (tertiary/aromatic N) is 1. The number of nitrogens with one attached hydrogen (secondary N) is 2. The van der Waals surface area contributed by atoms with Gasteiger partial charge in [0.25, 0.3) is 5.91 Å². The van der Waals surface area contributed by atoms with Crippen molar-refractivity contribution in [3.8, 4) is 17.2 Å². The predicted molar refractivity (Wildman–Crippen MR) is 133 cm³/mol. The summed E-state index contributed by atoms with van der Waals surface area (Å²) in [6.45, 7) is 8.52. The average molecular weight is 480 g/mol. The van der Waals surface area contributed by atoms with Crippen LogP contribution in [0.3, 0.4) is 0 Å². The fourth-order valence-corrected chi connectivity index (χ4v) is 5.51. The summed E-state index contributed by atoms with van der Waals surface area (Å²) in [6.07, 6.45) is 2.16. The van der Waals surface area contributed by atoms with Gasteiger partial charge in [-0.3, -0.25) is 14.5 Å². The Labute approximate surface area is 206 Å². The third kappa shape index (κ3) is 5.58. The molecular formula is C27H33N3O5. The van der Waals surface area contributed by atoms with Gasteiger partial charge >= 0.3 is 6.03 Å². The summed E-state index contributed by atoms with van der Waals surface area (Å²) >= 11 is 0. The van der Waals surface area contributed by atoms with Crippen molar-refractivity contribution in [1.29, 1.82) is 0 Å². The second-order valence-electron chi connectivity index (χ2n) is 10.3. The Morgan fingerprint density at radius 2 is 1.63 bits per heavy atom. The van der Waals surface area contributed by atoms with Crippen LogP contribution < -0.4 is 20.1 Å². The molecule has 8 heteroatoms. The van der Waals surface area contributed by atoms with E-state index in [0.29, 0.717) is 42.6 Å². The van der Waals surface area contributed by atoms with Crippen LogP contribution in [0.5, 0.6) is 17.2 Å². The molecule has 0 bridgehead atoms. The molecule has 0 aromatic heterocycles.